The summed E-state index contributed by atoms with van der Waals surface area (Å²) in [6, 6.07) is 1.77. The molecule has 0 aromatic carbocycles. The summed E-state index contributed by atoms with van der Waals surface area (Å²) < 4.78 is 5.20. The van der Waals surface area contributed by atoms with Gasteiger partial charge in [-0.15, -0.1) is 12.4 Å². The van der Waals surface area contributed by atoms with Crippen LogP contribution in [0.4, 0.5) is 0 Å². The van der Waals surface area contributed by atoms with Crippen molar-refractivity contribution >= 4 is 18.3 Å². The van der Waals surface area contributed by atoms with Gasteiger partial charge < -0.3 is 15.6 Å². The van der Waals surface area contributed by atoms with Crippen LogP contribution < -0.4 is 11.1 Å². The van der Waals surface area contributed by atoms with E-state index in [1.165, 1.54) is 0 Å². The highest BCUT2D eigenvalue weighted by Crippen LogP contribution is 2.40. The first kappa shape index (κ1) is 14.3. The zero-order valence-electron chi connectivity index (χ0n) is 10.9. The molecule has 0 bridgehead atoms. The summed E-state index contributed by atoms with van der Waals surface area (Å²) in [6.45, 7) is 0.492. The second-order valence-corrected chi connectivity index (χ2v) is 5.53. The first-order valence-corrected chi connectivity index (χ1v) is 6.72. The molecule has 1 amide bonds. The SMILES string of the molecule is Cl.NCC1(NC(=O)c2cc(C3CC3)on2)CCCC1. The zero-order valence-corrected chi connectivity index (χ0v) is 11.7. The Balaban J connectivity index is 0.00000133. The average Bonchev–Trinajstić information content (AvgIpc) is 2.94. The van der Waals surface area contributed by atoms with Crippen LogP contribution in [0.3, 0.4) is 0 Å². The van der Waals surface area contributed by atoms with E-state index in [-0.39, 0.29) is 23.9 Å². The van der Waals surface area contributed by atoms with Gasteiger partial charge in [-0.3, -0.25) is 4.79 Å². The second kappa shape index (κ2) is 5.51. The predicted molar refractivity (Wildman–Crippen MR) is 73.4 cm³/mol. The Morgan fingerprint density at radius 3 is 2.74 bits per heavy atom. The lowest BCUT2D eigenvalue weighted by molar-refractivity contribution is 0.0893. The van der Waals surface area contributed by atoms with Crippen molar-refractivity contribution in [3.05, 3.63) is 17.5 Å². The quantitative estimate of drug-likeness (QED) is 0.886. The molecule has 0 aliphatic heterocycles. The summed E-state index contributed by atoms with van der Waals surface area (Å²) in [5.74, 6) is 1.17. The zero-order chi connectivity index (χ0) is 12.6. The molecule has 2 aliphatic carbocycles. The number of halogens is 1. The highest BCUT2D eigenvalue weighted by Gasteiger charge is 2.35. The van der Waals surface area contributed by atoms with Crippen LogP contribution in [0.2, 0.25) is 0 Å². The van der Waals surface area contributed by atoms with Crippen molar-refractivity contribution in [2.75, 3.05) is 6.54 Å². The van der Waals surface area contributed by atoms with Crippen molar-refractivity contribution < 1.29 is 9.32 Å². The fraction of sp³-hybridized carbons (Fsp3) is 0.692. The maximum Gasteiger partial charge on any atom is 0.273 e. The Hall–Kier alpha value is -1.07. The fourth-order valence-corrected chi connectivity index (χ4v) is 2.69. The smallest absolute Gasteiger partial charge is 0.273 e. The number of carbonyl (C=O) groups excluding carboxylic acids is 1. The van der Waals surface area contributed by atoms with Crippen molar-refractivity contribution in [1.29, 1.82) is 0 Å². The standard InChI is InChI=1S/C13H19N3O2.ClH/c14-8-13(5-1-2-6-13)15-12(17)10-7-11(18-16-10)9-3-4-9;/h7,9H,1-6,8,14H2,(H,15,17);1H. The first-order valence-electron chi connectivity index (χ1n) is 6.72. The number of hydrogen-bond donors (Lipinski definition) is 2. The number of nitrogens with two attached hydrogens (primary N) is 1. The highest BCUT2D eigenvalue weighted by molar-refractivity contribution is 5.92. The van der Waals surface area contributed by atoms with E-state index in [0.717, 1.165) is 44.3 Å². The lowest BCUT2D eigenvalue weighted by atomic mass is 9.97. The van der Waals surface area contributed by atoms with Gasteiger partial charge in [-0.05, 0) is 25.7 Å². The van der Waals surface area contributed by atoms with Gasteiger partial charge in [0, 0.05) is 18.5 Å². The molecule has 0 unspecified atom stereocenters. The molecule has 19 heavy (non-hydrogen) atoms. The molecular weight excluding hydrogens is 266 g/mol. The van der Waals surface area contributed by atoms with Crippen molar-refractivity contribution in [2.45, 2.75) is 50.0 Å². The number of nitrogens with one attached hydrogen (secondary N) is 1. The Bertz CT molecular complexity index is 450. The molecule has 3 N–H and O–H groups in total. The molecule has 2 saturated carbocycles. The van der Waals surface area contributed by atoms with Crippen molar-refractivity contribution in [2.24, 2.45) is 5.73 Å². The Morgan fingerprint density at radius 2 is 2.16 bits per heavy atom. The van der Waals surface area contributed by atoms with Crippen LogP contribution in [0.25, 0.3) is 0 Å². The average molecular weight is 286 g/mol. The van der Waals surface area contributed by atoms with Crippen molar-refractivity contribution in [1.82, 2.24) is 10.5 Å². The fourth-order valence-electron chi connectivity index (χ4n) is 2.69. The van der Waals surface area contributed by atoms with Gasteiger partial charge in [-0.2, -0.15) is 0 Å². The van der Waals surface area contributed by atoms with Gasteiger partial charge in [0.2, 0.25) is 0 Å². The van der Waals surface area contributed by atoms with Crippen LogP contribution >= 0.6 is 12.4 Å². The monoisotopic (exact) mass is 285 g/mol. The minimum atomic E-state index is -0.226. The van der Waals surface area contributed by atoms with Gasteiger partial charge in [-0.25, -0.2) is 0 Å². The van der Waals surface area contributed by atoms with Crippen molar-refractivity contribution in [3.8, 4) is 0 Å². The van der Waals surface area contributed by atoms with E-state index in [2.05, 4.69) is 10.5 Å². The highest BCUT2D eigenvalue weighted by atomic mass is 35.5. The van der Waals surface area contributed by atoms with Gasteiger partial charge in [0.15, 0.2) is 5.69 Å². The van der Waals surface area contributed by atoms with E-state index >= 15 is 0 Å². The molecule has 106 valence electrons. The Kier molecular flexibility index (Phi) is 4.16. The van der Waals surface area contributed by atoms with Crippen LogP contribution in [-0.2, 0) is 0 Å². The second-order valence-electron chi connectivity index (χ2n) is 5.53. The van der Waals surface area contributed by atoms with Gasteiger partial charge in [0.1, 0.15) is 5.76 Å². The molecule has 0 atom stereocenters. The van der Waals surface area contributed by atoms with E-state index in [1.54, 1.807) is 6.07 Å². The maximum absolute atomic E-state index is 12.1. The summed E-state index contributed by atoms with van der Waals surface area (Å²) in [6.07, 6.45) is 6.46. The molecule has 6 heteroatoms. The maximum atomic E-state index is 12.1. The van der Waals surface area contributed by atoms with Gasteiger partial charge in [0.25, 0.3) is 5.91 Å². The number of hydrogen-bond acceptors (Lipinski definition) is 4. The van der Waals surface area contributed by atoms with E-state index < -0.39 is 0 Å². The Labute approximate surface area is 118 Å². The van der Waals surface area contributed by atoms with Crippen LogP contribution in [0.5, 0.6) is 0 Å². The number of carbonyl (C=O) groups is 1. The van der Waals surface area contributed by atoms with E-state index in [0.29, 0.717) is 18.2 Å². The van der Waals surface area contributed by atoms with Crippen molar-refractivity contribution in [3.63, 3.8) is 0 Å². The van der Waals surface area contributed by atoms with E-state index in [4.69, 9.17) is 10.3 Å². The molecule has 1 heterocycles. The van der Waals surface area contributed by atoms with Gasteiger partial charge >= 0.3 is 0 Å². The first-order chi connectivity index (χ1) is 8.72. The lowest BCUT2D eigenvalue weighted by Crippen LogP contribution is -2.51. The number of amides is 1. The number of rotatable bonds is 4. The number of aromatic nitrogens is 1. The lowest BCUT2D eigenvalue weighted by Gasteiger charge is -2.28. The minimum Gasteiger partial charge on any atom is -0.360 e. The van der Waals surface area contributed by atoms with Crippen LogP contribution in [-0.4, -0.2) is 23.1 Å². The Morgan fingerprint density at radius 1 is 1.47 bits per heavy atom. The summed E-state index contributed by atoms with van der Waals surface area (Å²) in [7, 11) is 0. The van der Waals surface area contributed by atoms with Gasteiger partial charge in [0.05, 0.1) is 5.54 Å². The minimum absolute atomic E-state index is 0. The molecule has 1 aromatic rings. The molecular formula is C13H20ClN3O2. The summed E-state index contributed by atoms with van der Waals surface area (Å²) in [5.41, 5.74) is 5.96. The topological polar surface area (TPSA) is 81.1 Å². The van der Waals surface area contributed by atoms with E-state index in [9.17, 15) is 4.79 Å². The van der Waals surface area contributed by atoms with Crippen LogP contribution in [0.1, 0.15) is 60.7 Å². The van der Waals surface area contributed by atoms with E-state index in [1.807, 2.05) is 0 Å². The molecule has 2 aliphatic rings. The van der Waals surface area contributed by atoms with Gasteiger partial charge in [-0.1, -0.05) is 18.0 Å². The van der Waals surface area contributed by atoms with Crippen LogP contribution in [0.15, 0.2) is 10.6 Å². The number of nitrogens with zero attached hydrogens (tertiary/aromatic N) is 1. The third kappa shape index (κ3) is 2.92. The largest absolute Gasteiger partial charge is 0.360 e. The molecule has 5 nitrogen and oxygen atoms in total. The predicted octanol–water partition coefficient (Wildman–Crippen LogP) is 1.98. The molecule has 3 rings (SSSR count). The third-order valence-electron chi connectivity index (χ3n) is 4.07. The molecule has 2 fully saturated rings. The summed E-state index contributed by atoms with van der Waals surface area (Å²) >= 11 is 0. The molecule has 1 aromatic heterocycles. The third-order valence-corrected chi connectivity index (χ3v) is 4.07. The summed E-state index contributed by atoms with van der Waals surface area (Å²) in [5, 5.41) is 6.90. The summed E-state index contributed by atoms with van der Waals surface area (Å²) in [4.78, 5) is 12.1. The van der Waals surface area contributed by atoms with Crippen LogP contribution in [0, 0.1) is 0 Å². The molecule has 0 spiro atoms. The molecule has 0 saturated heterocycles. The molecule has 0 radical (unpaired) electrons. The normalized spacial score (nSPS) is 20.9.